The van der Waals surface area contributed by atoms with E-state index in [9.17, 15) is 14.9 Å². The zero-order valence-corrected chi connectivity index (χ0v) is 37.1. The van der Waals surface area contributed by atoms with Crippen molar-refractivity contribution in [2.45, 2.75) is 65.8 Å². The van der Waals surface area contributed by atoms with Crippen LogP contribution in [0.5, 0.6) is 5.75 Å². The average Bonchev–Trinajstić information content (AvgIpc) is 3.82. The van der Waals surface area contributed by atoms with Gasteiger partial charge >= 0.3 is 0 Å². The number of carbonyl (C=O) groups excluding carboxylic acids is 2. The van der Waals surface area contributed by atoms with Crippen molar-refractivity contribution in [1.82, 2.24) is 39.7 Å². The van der Waals surface area contributed by atoms with Crippen LogP contribution >= 0.6 is 11.6 Å². The van der Waals surface area contributed by atoms with Gasteiger partial charge in [0.05, 0.1) is 45.8 Å². The summed E-state index contributed by atoms with van der Waals surface area (Å²) in [5.41, 5.74) is 6.62. The minimum atomic E-state index is -0.392. The van der Waals surface area contributed by atoms with Crippen LogP contribution in [-0.4, -0.2) is 97.2 Å². The fourth-order valence-corrected chi connectivity index (χ4v) is 10.1. The number of aryl methyl sites for hydroxylation is 1. The number of ether oxygens (including phenoxy) is 1. The second-order valence-electron chi connectivity index (χ2n) is 18.1. The third kappa shape index (κ3) is 7.93. The fourth-order valence-electron chi connectivity index (χ4n) is 9.92. The first-order valence-electron chi connectivity index (χ1n) is 21.4. The summed E-state index contributed by atoms with van der Waals surface area (Å²) in [7, 11) is 1.91. The van der Waals surface area contributed by atoms with E-state index in [4.69, 9.17) is 21.4 Å². The van der Waals surface area contributed by atoms with Gasteiger partial charge in [-0.2, -0.15) is 15.5 Å². The van der Waals surface area contributed by atoms with Crippen molar-refractivity contribution in [3.63, 3.8) is 0 Å². The van der Waals surface area contributed by atoms with E-state index in [0.29, 0.717) is 40.8 Å². The molecule has 1 saturated carbocycles. The molecule has 2 amide bonds. The molecular weight excluding hydrogens is 816 g/mol. The second kappa shape index (κ2) is 16.3. The van der Waals surface area contributed by atoms with Crippen molar-refractivity contribution in [3.05, 3.63) is 95.5 Å². The van der Waals surface area contributed by atoms with Gasteiger partial charge in [0.25, 0.3) is 5.91 Å². The number of nitriles is 1. The van der Waals surface area contributed by atoms with E-state index in [-0.39, 0.29) is 30.0 Å². The Labute approximate surface area is 371 Å². The van der Waals surface area contributed by atoms with Gasteiger partial charge in [-0.05, 0) is 42.8 Å². The van der Waals surface area contributed by atoms with Crippen LogP contribution in [0.1, 0.15) is 57.0 Å². The highest BCUT2D eigenvalue weighted by Crippen LogP contribution is 2.55. The van der Waals surface area contributed by atoms with Gasteiger partial charge in [-0.25, -0.2) is 9.97 Å². The van der Waals surface area contributed by atoms with E-state index in [1.54, 1.807) is 35.3 Å². The Hall–Kier alpha value is -6.50. The van der Waals surface area contributed by atoms with Gasteiger partial charge in [0, 0.05) is 110 Å². The Morgan fingerprint density at radius 1 is 0.984 bits per heavy atom. The quantitative estimate of drug-likeness (QED) is 0.130. The maximum atomic E-state index is 13.5. The van der Waals surface area contributed by atoms with Gasteiger partial charge in [0.1, 0.15) is 23.6 Å². The Bertz CT molecular complexity index is 2750. The predicted molar refractivity (Wildman–Crippen MR) is 244 cm³/mol. The van der Waals surface area contributed by atoms with Crippen molar-refractivity contribution in [1.29, 1.82) is 5.26 Å². The van der Waals surface area contributed by atoms with Crippen LogP contribution in [0.3, 0.4) is 0 Å². The zero-order chi connectivity index (χ0) is 44.2. The molecule has 3 N–H and O–H groups in total. The first kappa shape index (κ1) is 41.8. The second-order valence-corrected chi connectivity index (χ2v) is 18.5. The van der Waals surface area contributed by atoms with E-state index in [1.807, 2.05) is 38.5 Å². The van der Waals surface area contributed by atoms with Gasteiger partial charge in [0.2, 0.25) is 11.9 Å². The molecule has 6 aromatic rings. The number of hydrogen-bond acceptors (Lipinski definition) is 11. The van der Waals surface area contributed by atoms with Crippen LogP contribution in [-0.2, 0) is 18.4 Å². The number of nitrogens with zero attached hydrogens (tertiary/aromatic N) is 9. The first-order valence-corrected chi connectivity index (χ1v) is 21.7. The van der Waals surface area contributed by atoms with Gasteiger partial charge in [-0.1, -0.05) is 57.5 Å². The van der Waals surface area contributed by atoms with Crippen LogP contribution in [0.25, 0.3) is 33.3 Å². The number of rotatable bonds is 10. The fraction of sp³-hybridized carbons (Fsp3) is 0.383. The van der Waals surface area contributed by atoms with Crippen LogP contribution in [0.15, 0.2) is 79.4 Å². The summed E-state index contributed by atoms with van der Waals surface area (Å²) in [6.45, 7) is 15.0. The number of piperazine rings is 1. The number of para-hydroxylation sites is 1. The largest absolute Gasteiger partial charge is 0.489 e. The van der Waals surface area contributed by atoms with Gasteiger partial charge in [-0.3, -0.25) is 23.9 Å². The molecule has 0 bridgehead atoms. The molecule has 15 nitrogen and oxygen atoms in total. The molecule has 1 saturated heterocycles. The number of fused-ring (bicyclic) bond motifs is 2. The lowest BCUT2D eigenvalue weighted by Crippen LogP contribution is -2.74. The summed E-state index contributed by atoms with van der Waals surface area (Å²) in [6, 6.07) is 19.4. The number of aromatic nitrogens is 6. The molecule has 1 atom stereocenters. The lowest BCUT2D eigenvalue weighted by molar-refractivity contribution is -0.164. The van der Waals surface area contributed by atoms with Crippen molar-refractivity contribution in [2.75, 3.05) is 48.3 Å². The molecule has 3 aromatic carbocycles. The van der Waals surface area contributed by atoms with E-state index in [0.717, 1.165) is 77.4 Å². The molecule has 0 radical (unpaired) electrons. The number of halogens is 1. The number of amides is 2. The Morgan fingerprint density at radius 2 is 1.75 bits per heavy atom. The first-order chi connectivity index (χ1) is 30.2. The Balaban J connectivity index is 0.831. The molecule has 5 heterocycles. The monoisotopic (exact) mass is 866 g/mol. The highest BCUT2D eigenvalue weighted by molar-refractivity contribution is 6.31. The van der Waals surface area contributed by atoms with Gasteiger partial charge < -0.3 is 25.6 Å². The maximum absolute atomic E-state index is 13.5. The van der Waals surface area contributed by atoms with Crippen molar-refractivity contribution >= 4 is 51.6 Å². The number of carbonyl (C=O) groups is 2. The summed E-state index contributed by atoms with van der Waals surface area (Å²) in [6.07, 6.45) is 7.24. The van der Waals surface area contributed by atoms with E-state index < -0.39 is 10.8 Å². The molecule has 63 heavy (non-hydrogen) atoms. The molecule has 2 aliphatic heterocycles. The van der Waals surface area contributed by atoms with Crippen LogP contribution in [0.4, 0.5) is 17.3 Å². The molecule has 2 fully saturated rings. The summed E-state index contributed by atoms with van der Waals surface area (Å²) in [4.78, 5) is 39.9. The van der Waals surface area contributed by atoms with E-state index in [1.165, 1.54) is 0 Å². The molecule has 3 aromatic heterocycles. The molecule has 1 aliphatic carbocycles. The summed E-state index contributed by atoms with van der Waals surface area (Å²) >= 11 is 6.27. The molecule has 0 spiro atoms. The zero-order valence-electron chi connectivity index (χ0n) is 36.3. The minimum absolute atomic E-state index is 0.00115. The maximum Gasteiger partial charge on any atom is 0.254 e. The third-order valence-corrected chi connectivity index (χ3v) is 13.2. The average molecular weight is 867 g/mol. The standard InChI is InChI=1S/C47H51ClN12O3/c1-28-20-39(61)54-37-9-7-8-34(41(37)53-28)29-11-13-38-35(21-29)40(32-26-52-57(6)27-32)56-60(38)19-16-58-14-17-59(18-15-58)45-50-24-31(25-51-45)42(62)55-43-46(2,3)44(47(43,4)5)63-33-12-10-30(23-49)36(48)22-33/h7-13,21-22,24-28,43-44,53H,14-20H2,1-6H3,(H,54,61)(H,55,62)/t28-,43?,44?/m1/s1. The van der Waals surface area contributed by atoms with E-state index in [2.05, 4.69) is 104 Å². The molecule has 9 rings (SSSR count). The van der Waals surface area contributed by atoms with Crippen molar-refractivity contribution < 1.29 is 14.3 Å². The van der Waals surface area contributed by atoms with Gasteiger partial charge in [0.15, 0.2) is 0 Å². The predicted octanol–water partition coefficient (Wildman–Crippen LogP) is 7.00. The summed E-state index contributed by atoms with van der Waals surface area (Å²) < 4.78 is 10.3. The Kier molecular flexibility index (Phi) is 10.8. The van der Waals surface area contributed by atoms with Crippen LogP contribution in [0, 0.1) is 22.2 Å². The third-order valence-electron chi connectivity index (χ3n) is 12.9. The molecule has 16 heteroatoms. The number of nitrogens with one attached hydrogen (secondary N) is 3. The van der Waals surface area contributed by atoms with Crippen LogP contribution < -0.4 is 25.6 Å². The molecule has 0 unspecified atom stereocenters. The molecule has 3 aliphatic rings. The minimum Gasteiger partial charge on any atom is -0.489 e. The lowest BCUT2D eigenvalue weighted by Gasteiger charge is -2.63. The normalized spacial score (nSPS) is 20.4. The topological polar surface area (TPSA) is 171 Å². The number of anilines is 3. The van der Waals surface area contributed by atoms with Crippen molar-refractivity contribution in [3.8, 4) is 34.2 Å². The summed E-state index contributed by atoms with van der Waals surface area (Å²) in [5, 5.41) is 30.1. The van der Waals surface area contributed by atoms with Crippen molar-refractivity contribution in [2.24, 2.45) is 17.9 Å². The SMILES string of the molecule is C[C@@H]1CC(=O)Nc2cccc(-c3ccc4c(c3)c(-c3cnn(C)c3)nn4CCN3CCN(c4ncc(C(=O)NC5C(C)(C)C(Oc6ccc(C#N)c(Cl)c6)C5(C)C)cn4)CC3)c2N1. The van der Waals surface area contributed by atoms with Gasteiger partial charge in [-0.15, -0.1) is 0 Å². The highest BCUT2D eigenvalue weighted by atomic mass is 35.5. The smallest absolute Gasteiger partial charge is 0.254 e. The highest BCUT2D eigenvalue weighted by Gasteiger charge is 2.64. The molecule has 324 valence electrons. The lowest BCUT2D eigenvalue weighted by atomic mass is 9.49. The van der Waals surface area contributed by atoms with E-state index >= 15 is 0 Å². The Morgan fingerprint density at radius 3 is 2.44 bits per heavy atom. The van der Waals surface area contributed by atoms with Crippen LogP contribution in [0.2, 0.25) is 5.02 Å². The number of hydrogen-bond donors (Lipinski definition) is 3. The number of benzene rings is 3. The molecular formula is C47H51ClN12O3. The summed E-state index contributed by atoms with van der Waals surface area (Å²) in [5.74, 6) is 0.951.